The number of nitrogens with one attached hydrogen (secondary N) is 3. The Kier molecular flexibility index (Phi) is 9.19. The van der Waals surface area contributed by atoms with Crippen molar-refractivity contribution >= 4 is 44.2 Å². The molecule has 0 saturated carbocycles. The second-order valence-corrected chi connectivity index (χ2v) is 13.4. The minimum Gasteiger partial charge on any atom is -0.367 e. The highest BCUT2D eigenvalue weighted by Crippen LogP contribution is 2.35. The molecule has 0 amide bonds. The van der Waals surface area contributed by atoms with Crippen LogP contribution in [0.3, 0.4) is 0 Å². The zero-order valence-electron chi connectivity index (χ0n) is 26.0. The zero-order chi connectivity index (χ0) is 31.7. The molecule has 1 unspecified atom stereocenters. The molecule has 45 heavy (non-hydrogen) atoms. The van der Waals surface area contributed by atoms with E-state index in [4.69, 9.17) is 0 Å². The van der Waals surface area contributed by atoms with E-state index in [1.54, 1.807) is 13.1 Å². The molecule has 5 heterocycles. The number of fused-ring (bicyclic) bond motifs is 2. The number of aromatic nitrogens is 3. The lowest BCUT2D eigenvalue weighted by molar-refractivity contribution is -0.126. The smallest absolute Gasteiger partial charge is 0.367 e. The van der Waals surface area contributed by atoms with E-state index in [1.807, 2.05) is 6.07 Å². The Hall–Kier alpha value is -3.44. The minimum absolute atomic E-state index is 0.156. The van der Waals surface area contributed by atoms with Gasteiger partial charge in [0.25, 0.3) is 0 Å². The van der Waals surface area contributed by atoms with E-state index >= 15 is 0 Å². The molecule has 240 valence electrons. The number of hydrogen-bond donors (Lipinski definition) is 3. The molecule has 9 nitrogen and oxygen atoms in total. The van der Waals surface area contributed by atoms with Gasteiger partial charge in [-0.1, -0.05) is 6.07 Å². The van der Waals surface area contributed by atoms with Gasteiger partial charge in [-0.2, -0.15) is 23.4 Å². The normalized spacial score (nSPS) is 18.0. The van der Waals surface area contributed by atoms with Crippen LogP contribution >= 0.6 is 11.3 Å². The van der Waals surface area contributed by atoms with Gasteiger partial charge in [0.05, 0.1) is 11.8 Å². The summed E-state index contributed by atoms with van der Waals surface area (Å²) in [5.74, 6) is 0.970. The lowest BCUT2D eigenvalue weighted by Gasteiger charge is -2.33. The van der Waals surface area contributed by atoms with E-state index in [9.17, 15) is 18.4 Å². The summed E-state index contributed by atoms with van der Waals surface area (Å²) in [5, 5.41) is 21.6. The molecule has 2 saturated heterocycles. The van der Waals surface area contributed by atoms with Crippen molar-refractivity contribution in [2.75, 3.05) is 63.5 Å². The van der Waals surface area contributed by atoms with E-state index in [0.29, 0.717) is 27.7 Å². The maximum atomic E-state index is 13.1. The van der Waals surface area contributed by atoms with Crippen LogP contribution in [0.15, 0.2) is 24.3 Å². The molecular formula is C32H40F3N9S. The number of rotatable bonds is 9. The lowest BCUT2D eigenvalue weighted by atomic mass is 10.0. The van der Waals surface area contributed by atoms with E-state index in [2.05, 4.69) is 72.3 Å². The summed E-state index contributed by atoms with van der Waals surface area (Å²) in [5.41, 5.74) is 4.29. The van der Waals surface area contributed by atoms with Gasteiger partial charge >= 0.3 is 6.18 Å². The van der Waals surface area contributed by atoms with Crippen molar-refractivity contribution in [3.8, 4) is 6.07 Å². The number of nitrogens with zero attached hydrogens (tertiary/aromatic N) is 6. The average molecular weight is 640 g/mol. The van der Waals surface area contributed by atoms with Crippen molar-refractivity contribution in [3.05, 3.63) is 46.0 Å². The van der Waals surface area contributed by atoms with E-state index in [1.165, 1.54) is 11.1 Å². The quantitative estimate of drug-likeness (QED) is 0.221. The molecule has 0 radical (unpaired) electrons. The number of alkyl halides is 3. The Labute approximate surface area is 265 Å². The highest BCUT2D eigenvalue weighted by atomic mass is 32.1. The Morgan fingerprint density at radius 3 is 2.53 bits per heavy atom. The van der Waals surface area contributed by atoms with Crippen LogP contribution in [0.1, 0.15) is 47.5 Å². The molecule has 2 aliphatic heterocycles. The molecule has 1 aromatic carbocycles. The van der Waals surface area contributed by atoms with Crippen molar-refractivity contribution < 1.29 is 13.2 Å². The molecule has 2 fully saturated rings. The van der Waals surface area contributed by atoms with Gasteiger partial charge in [0.15, 0.2) is 0 Å². The third-order valence-electron chi connectivity index (χ3n) is 9.06. The molecule has 2 aliphatic rings. The van der Waals surface area contributed by atoms with Gasteiger partial charge in [0.1, 0.15) is 22.4 Å². The fourth-order valence-corrected chi connectivity index (χ4v) is 7.78. The Bertz CT molecular complexity index is 1690. The van der Waals surface area contributed by atoms with Crippen molar-refractivity contribution in [1.82, 2.24) is 29.7 Å². The number of piperazine rings is 1. The third-order valence-corrected chi connectivity index (χ3v) is 10.1. The minimum atomic E-state index is -4.27. The van der Waals surface area contributed by atoms with Crippen molar-refractivity contribution in [2.45, 2.75) is 57.9 Å². The van der Waals surface area contributed by atoms with Gasteiger partial charge in [0, 0.05) is 87.3 Å². The maximum absolute atomic E-state index is 13.1. The third kappa shape index (κ3) is 7.04. The monoisotopic (exact) mass is 639 g/mol. The Morgan fingerprint density at radius 1 is 1.09 bits per heavy atom. The second-order valence-electron chi connectivity index (χ2n) is 12.3. The summed E-state index contributed by atoms with van der Waals surface area (Å²) in [6.07, 6.45) is -3.46. The van der Waals surface area contributed by atoms with Gasteiger partial charge in [-0.15, -0.1) is 11.3 Å². The number of aryl methyl sites for hydroxylation is 1. The van der Waals surface area contributed by atoms with Gasteiger partial charge in [0.2, 0.25) is 5.95 Å². The summed E-state index contributed by atoms with van der Waals surface area (Å²) < 4.78 is 41.4. The van der Waals surface area contributed by atoms with Crippen LogP contribution in [0.2, 0.25) is 0 Å². The van der Waals surface area contributed by atoms with Gasteiger partial charge in [-0.05, 0) is 56.0 Å². The Balaban J connectivity index is 1.12. The number of thiophene rings is 1. The van der Waals surface area contributed by atoms with Crippen LogP contribution in [-0.2, 0) is 13.0 Å². The highest BCUT2D eigenvalue weighted by Gasteiger charge is 2.30. The van der Waals surface area contributed by atoms with E-state index in [-0.39, 0.29) is 17.0 Å². The van der Waals surface area contributed by atoms with Crippen molar-refractivity contribution in [2.24, 2.45) is 0 Å². The SMILES string of the molecule is CNc1nc(NC2CCN(Cc3ccc4c(cc(C#N)n4C(C)CN4CCNCC4)c3C)CC2)c2cc(CC(F)(F)F)sc2n1. The Morgan fingerprint density at radius 2 is 1.84 bits per heavy atom. The summed E-state index contributed by atoms with van der Waals surface area (Å²) in [6.45, 7) is 11.9. The number of nitriles is 1. The summed E-state index contributed by atoms with van der Waals surface area (Å²) in [4.78, 5) is 14.6. The predicted octanol–water partition coefficient (Wildman–Crippen LogP) is 5.52. The number of halogens is 3. The van der Waals surface area contributed by atoms with Gasteiger partial charge in [-0.3, -0.25) is 9.80 Å². The molecule has 0 spiro atoms. The van der Waals surface area contributed by atoms with E-state index < -0.39 is 12.6 Å². The molecule has 1 atom stereocenters. The lowest BCUT2D eigenvalue weighted by Crippen LogP contribution is -2.45. The molecule has 13 heteroatoms. The fourth-order valence-electron chi connectivity index (χ4n) is 6.72. The van der Waals surface area contributed by atoms with Gasteiger partial charge < -0.3 is 20.5 Å². The molecule has 0 aliphatic carbocycles. The molecular weight excluding hydrogens is 599 g/mol. The highest BCUT2D eigenvalue weighted by molar-refractivity contribution is 7.18. The zero-order valence-corrected chi connectivity index (χ0v) is 26.8. The van der Waals surface area contributed by atoms with Gasteiger partial charge in [-0.25, -0.2) is 4.98 Å². The first-order valence-electron chi connectivity index (χ1n) is 15.6. The molecule has 3 N–H and O–H groups in total. The van der Waals surface area contributed by atoms with E-state index in [0.717, 1.165) is 87.4 Å². The van der Waals surface area contributed by atoms with Crippen LogP contribution in [0.4, 0.5) is 24.9 Å². The second kappa shape index (κ2) is 13.1. The van der Waals surface area contributed by atoms with Crippen molar-refractivity contribution in [3.63, 3.8) is 0 Å². The maximum Gasteiger partial charge on any atom is 0.393 e. The van der Waals surface area contributed by atoms with Crippen LogP contribution < -0.4 is 16.0 Å². The average Bonchev–Trinajstić information content (AvgIpc) is 3.60. The predicted molar refractivity (Wildman–Crippen MR) is 174 cm³/mol. The fraction of sp³-hybridized carbons (Fsp3) is 0.531. The first-order chi connectivity index (χ1) is 21.6. The summed E-state index contributed by atoms with van der Waals surface area (Å²) >= 11 is 1.06. The number of piperidine rings is 1. The van der Waals surface area contributed by atoms with Crippen LogP contribution in [0.25, 0.3) is 21.1 Å². The van der Waals surface area contributed by atoms with Crippen LogP contribution in [0.5, 0.6) is 0 Å². The molecule has 6 rings (SSSR count). The number of hydrogen-bond acceptors (Lipinski definition) is 9. The molecule has 4 aromatic rings. The number of likely N-dealkylation sites (tertiary alicyclic amines) is 1. The summed E-state index contributed by atoms with van der Waals surface area (Å²) in [6, 6.07) is 10.8. The van der Waals surface area contributed by atoms with Crippen molar-refractivity contribution in [1.29, 1.82) is 5.26 Å². The largest absolute Gasteiger partial charge is 0.393 e. The van der Waals surface area contributed by atoms with Crippen LogP contribution in [-0.4, -0.2) is 89.4 Å². The standard InChI is InChI=1S/C32H40F3N9S/c1-20(18-43-12-8-38-9-13-43)44-24(17-36)14-26-21(2)22(4-5-28(26)44)19-42-10-6-23(7-11-42)39-29-27-15-25(16-32(33,34)35)45-30(27)41-31(37-3)40-29/h4-5,14-15,20,23,38H,6-13,16,18-19H2,1-3H3,(H2,37,39,40,41). The molecule has 3 aromatic heterocycles. The molecule has 0 bridgehead atoms. The first-order valence-corrected chi connectivity index (χ1v) is 16.4. The number of benzene rings is 1. The van der Waals surface area contributed by atoms with Crippen LogP contribution in [0, 0.1) is 18.3 Å². The topological polar surface area (TPSA) is 97.1 Å². The summed E-state index contributed by atoms with van der Waals surface area (Å²) in [7, 11) is 1.71. The number of anilines is 2. The first kappa shape index (κ1) is 31.5.